The molecule has 1 atom stereocenters. The summed E-state index contributed by atoms with van der Waals surface area (Å²) < 4.78 is 28.1. The van der Waals surface area contributed by atoms with Gasteiger partial charge in [-0.15, -0.1) is 0 Å². The first-order valence-corrected chi connectivity index (χ1v) is 9.34. The van der Waals surface area contributed by atoms with Gasteiger partial charge < -0.3 is 19.8 Å². The molecule has 8 heteroatoms. The van der Waals surface area contributed by atoms with Crippen LogP contribution in [0.5, 0.6) is 5.75 Å². The minimum absolute atomic E-state index is 0.0230. The summed E-state index contributed by atoms with van der Waals surface area (Å²) in [5, 5.41) is 9.86. The number of phenolic OH excluding ortho intramolecular Hbond substituents is 1. The van der Waals surface area contributed by atoms with E-state index in [9.17, 15) is 23.5 Å². The second-order valence-corrected chi connectivity index (χ2v) is 7.41. The average Bonchev–Trinajstić information content (AvgIpc) is 3.14. The first-order chi connectivity index (χ1) is 14.2. The number of nitrogens with zero attached hydrogens (tertiary/aromatic N) is 3. The molecule has 0 saturated carbocycles. The van der Waals surface area contributed by atoms with Gasteiger partial charge in [0.05, 0.1) is 6.04 Å². The van der Waals surface area contributed by atoms with Gasteiger partial charge in [-0.2, -0.15) is 0 Å². The SMILES string of the molecule is CN(C)C(=O)CN(C)C(=O)N1CC(c2cc(F)ccc2F)=CC1c1cccc(O)c1. The van der Waals surface area contributed by atoms with E-state index >= 15 is 0 Å². The van der Waals surface area contributed by atoms with E-state index in [0.717, 1.165) is 18.2 Å². The lowest BCUT2D eigenvalue weighted by Crippen LogP contribution is -2.45. The van der Waals surface area contributed by atoms with Crippen molar-refractivity contribution in [2.45, 2.75) is 6.04 Å². The Hall–Kier alpha value is -3.42. The predicted octanol–water partition coefficient (Wildman–Crippen LogP) is 3.25. The van der Waals surface area contributed by atoms with E-state index in [0.29, 0.717) is 11.1 Å². The summed E-state index contributed by atoms with van der Waals surface area (Å²) in [7, 11) is 4.70. The van der Waals surface area contributed by atoms with Crippen molar-refractivity contribution >= 4 is 17.5 Å². The van der Waals surface area contributed by atoms with Crippen molar-refractivity contribution in [3.63, 3.8) is 0 Å². The highest BCUT2D eigenvalue weighted by Crippen LogP contribution is 2.37. The predicted molar refractivity (Wildman–Crippen MR) is 109 cm³/mol. The molecule has 1 unspecified atom stereocenters. The lowest BCUT2D eigenvalue weighted by molar-refractivity contribution is -0.129. The van der Waals surface area contributed by atoms with Crippen LogP contribution >= 0.6 is 0 Å². The van der Waals surface area contributed by atoms with Gasteiger partial charge in [-0.05, 0) is 41.5 Å². The van der Waals surface area contributed by atoms with E-state index in [-0.39, 0.29) is 30.3 Å². The molecule has 2 aromatic rings. The Balaban J connectivity index is 1.96. The number of hydrogen-bond donors (Lipinski definition) is 1. The number of carbonyl (C=O) groups is 2. The van der Waals surface area contributed by atoms with Gasteiger partial charge in [0.2, 0.25) is 5.91 Å². The van der Waals surface area contributed by atoms with Crippen LogP contribution < -0.4 is 0 Å². The summed E-state index contributed by atoms with van der Waals surface area (Å²) in [4.78, 5) is 29.2. The van der Waals surface area contributed by atoms with Crippen LogP contribution in [0.25, 0.3) is 5.57 Å². The summed E-state index contributed by atoms with van der Waals surface area (Å²) in [5.74, 6) is -1.40. The summed E-state index contributed by atoms with van der Waals surface area (Å²) in [6.07, 6.45) is 1.67. The molecule has 1 aliphatic heterocycles. The van der Waals surface area contributed by atoms with E-state index < -0.39 is 23.7 Å². The van der Waals surface area contributed by atoms with E-state index in [1.165, 1.54) is 33.9 Å². The molecule has 1 aliphatic rings. The zero-order valence-corrected chi connectivity index (χ0v) is 17.0. The van der Waals surface area contributed by atoms with Gasteiger partial charge in [0, 0.05) is 33.3 Å². The molecule has 0 aliphatic carbocycles. The molecule has 2 aromatic carbocycles. The first-order valence-electron chi connectivity index (χ1n) is 9.34. The van der Waals surface area contributed by atoms with Crippen molar-refractivity contribution < 1.29 is 23.5 Å². The van der Waals surface area contributed by atoms with Gasteiger partial charge in [0.1, 0.15) is 23.9 Å². The van der Waals surface area contributed by atoms with Crippen LogP contribution in [-0.4, -0.2) is 66.0 Å². The molecule has 0 radical (unpaired) electrons. The van der Waals surface area contributed by atoms with E-state index in [1.807, 2.05) is 0 Å². The van der Waals surface area contributed by atoms with Crippen LogP contribution in [0.3, 0.4) is 0 Å². The summed E-state index contributed by atoms with van der Waals surface area (Å²) in [5.41, 5.74) is 1.13. The third-order valence-electron chi connectivity index (χ3n) is 4.97. The highest BCUT2D eigenvalue weighted by Gasteiger charge is 2.34. The Labute approximate surface area is 173 Å². The highest BCUT2D eigenvalue weighted by atomic mass is 19.1. The molecule has 3 rings (SSSR count). The molecule has 158 valence electrons. The number of carbonyl (C=O) groups excluding carboxylic acids is 2. The second-order valence-electron chi connectivity index (χ2n) is 7.41. The maximum Gasteiger partial charge on any atom is 0.321 e. The molecule has 0 bridgehead atoms. The summed E-state index contributed by atoms with van der Waals surface area (Å²) in [6.45, 7) is -0.0984. The minimum Gasteiger partial charge on any atom is -0.508 e. The molecule has 30 heavy (non-hydrogen) atoms. The maximum atomic E-state index is 14.4. The molecular weight excluding hydrogens is 392 g/mol. The van der Waals surface area contributed by atoms with Gasteiger partial charge in [-0.1, -0.05) is 18.2 Å². The molecule has 0 aromatic heterocycles. The van der Waals surface area contributed by atoms with Crippen LogP contribution in [0.1, 0.15) is 17.2 Å². The van der Waals surface area contributed by atoms with Crippen molar-refractivity contribution in [1.29, 1.82) is 0 Å². The molecule has 3 amide bonds. The van der Waals surface area contributed by atoms with Gasteiger partial charge in [0.15, 0.2) is 0 Å². The lowest BCUT2D eigenvalue weighted by Gasteiger charge is -2.30. The number of likely N-dealkylation sites (N-methyl/N-ethyl adjacent to an activating group) is 2. The number of benzene rings is 2. The Morgan fingerprint density at radius 3 is 2.53 bits per heavy atom. The van der Waals surface area contributed by atoms with E-state index in [1.54, 1.807) is 32.3 Å². The Morgan fingerprint density at radius 1 is 1.13 bits per heavy atom. The molecule has 1 N–H and O–H groups in total. The number of halogens is 2. The largest absolute Gasteiger partial charge is 0.508 e. The lowest BCUT2D eigenvalue weighted by atomic mass is 10.0. The summed E-state index contributed by atoms with van der Waals surface area (Å²) in [6, 6.07) is 8.50. The third kappa shape index (κ3) is 4.42. The zero-order chi connectivity index (χ0) is 22.0. The van der Waals surface area contributed by atoms with Crippen LogP contribution in [0.15, 0.2) is 48.5 Å². The quantitative estimate of drug-likeness (QED) is 0.834. The standard InChI is InChI=1S/C22H23F2N3O3/c1-25(2)21(29)13-26(3)22(30)27-12-15(18-11-16(23)7-8-19(18)24)10-20(27)14-5-4-6-17(28)9-14/h4-11,20,28H,12-13H2,1-3H3. The molecule has 0 spiro atoms. The number of phenols is 1. The molecular formula is C22H23F2N3O3. The highest BCUT2D eigenvalue weighted by molar-refractivity contribution is 5.86. The van der Waals surface area contributed by atoms with Crippen molar-refractivity contribution in [1.82, 2.24) is 14.7 Å². The van der Waals surface area contributed by atoms with Gasteiger partial charge in [-0.3, -0.25) is 4.79 Å². The molecule has 0 fully saturated rings. The van der Waals surface area contributed by atoms with Crippen molar-refractivity contribution in [3.8, 4) is 5.75 Å². The topological polar surface area (TPSA) is 64.1 Å². The van der Waals surface area contributed by atoms with Gasteiger partial charge in [-0.25, -0.2) is 13.6 Å². The third-order valence-corrected chi connectivity index (χ3v) is 4.97. The fraction of sp³-hybridized carbons (Fsp3) is 0.273. The number of rotatable bonds is 4. The molecule has 6 nitrogen and oxygen atoms in total. The van der Waals surface area contributed by atoms with Gasteiger partial charge >= 0.3 is 6.03 Å². The normalized spacial score (nSPS) is 15.7. The van der Waals surface area contributed by atoms with E-state index in [4.69, 9.17) is 0 Å². The van der Waals surface area contributed by atoms with Crippen molar-refractivity contribution in [3.05, 3.63) is 71.3 Å². The van der Waals surface area contributed by atoms with Crippen molar-refractivity contribution in [2.24, 2.45) is 0 Å². The van der Waals surface area contributed by atoms with Crippen LogP contribution in [0.4, 0.5) is 13.6 Å². The fourth-order valence-electron chi connectivity index (χ4n) is 3.34. The maximum absolute atomic E-state index is 14.4. The minimum atomic E-state index is -0.612. The van der Waals surface area contributed by atoms with Crippen LogP contribution in [0, 0.1) is 11.6 Å². The zero-order valence-electron chi connectivity index (χ0n) is 17.0. The number of urea groups is 1. The van der Waals surface area contributed by atoms with Crippen molar-refractivity contribution in [2.75, 3.05) is 34.2 Å². The fourth-order valence-corrected chi connectivity index (χ4v) is 3.34. The second kappa shape index (κ2) is 8.52. The average molecular weight is 415 g/mol. The Kier molecular flexibility index (Phi) is 6.05. The Bertz CT molecular complexity index is 1010. The van der Waals surface area contributed by atoms with E-state index in [2.05, 4.69) is 0 Å². The number of amides is 3. The molecule has 1 heterocycles. The van der Waals surface area contributed by atoms with Crippen LogP contribution in [-0.2, 0) is 4.79 Å². The smallest absolute Gasteiger partial charge is 0.321 e. The monoisotopic (exact) mass is 415 g/mol. The first kappa shape index (κ1) is 21.3. The Morgan fingerprint density at radius 2 is 1.87 bits per heavy atom. The van der Waals surface area contributed by atoms with Gasteiger partial charge in [0.25, 0.3) is 0 Å². The summed E-state index contributed by atoms with van der Waals surface area (Å²) >= 11 is 0. The number of aromatic hydroxyl groups is 1. The van der Waals surface area contributed by atoms with Crippen LogP contribution in [0.2, 0.25) is 0 Å². The molecule has 0 saturated heterocycles. The number of hydrogen-bond acceptors (Lipinski definition) is 3.